The van der Waals surface area contributed by atoms with Crippen LogP contribution in [0.4, 0.5) is 0 Å². The van der Waals surface area contributed by atoms with Crippen LogP contribution in [0.5, 0.6) is 0 Å². The summed E-state index contributed by atoms with van der Waals surface area (Å²) in [4.78, 5) is 31.6. The van der Waals surface area contributed by atoms with Crippen molar-refractivity contribution in [1.82, 2.24) is 24.5 Å². The van der Waals surface area contributed by atoms with E-state index in [2.05, 4.69) is 29.0 Å². The van der Waals surface area contributed by atoms with Gasteiger partial charge >= 0.3 is 0 Å². The molecule has 2 aromatic rings. The molecule has 1 fully saturated rings. The first-order chi connectivity index (χ1) is 12.0. The van der Waals surface area contributed by atoms with Crippen LogP contribution in [0.3, 0.4) is 0 Å². The van der Waals surface area contributed by atoms with Gasteiger partial charge in [0.15, 0.2) is 5.69 Å². The van der Waals surface area contributed by atoms with Gasteiger partial charge in [-0.15, -0.1) is 0 Å². The number of piperazine rings is 1. The Morgan fingerprint density at radius 1 is 1.12 bits per heavy atom. The Morgan fingerprint density at radius 3 is 2.40 bits per heavy atom. The zero-order valence-corrected chi connectivity index (χ0v) is 15.1. The lowest BCUT2D eigenvalue weighted by Crippen LogP contribution is -2.50. The van der Waals surface area contributed by atoms with Crippen LogP contribution >= 0.6 is 0 Å². The Bertz CT molecular complexity index is 822. The first-order valence-corrected chi connectivity index (χ1v) is 8.60. The van der Waals surface area contributed by atoms with Gasteiger partial charge in [0.25, 0.3) is 11.5 Å². The number of fused-ring (bicyclic) bond motifs is 1. The van der Waals surface area contributed by atoms with Crippen molar-refractivity contribution in [3.8, 4) is 0 Å². The Balaban J connectivity index is 1.78. The average molecular weight is 343 g/mol. The Labute approximate surface area is 147 Å². The molecule has 3 rings (SSSR count). The van der Waals surface area contributed by atoms with Crippen molar-refractivity contribution in [3.63, 3.8) is 0 Å². The van der Waals surface area contributed by atoms with E-state index in [1.54, 1.807) is 19.2 Å². The summed E-state index contributed by atoms with van der Waals surface area (Å²) in [5.74, 6) is -0.0981. The van der Waals surface area contributed by atoms with E-state index in [-0.39, 0.29) is 11.5 Å². The highest BCUT2D eigenvalue weighted by atomic mass is 16.2. The number of benzene rings is 1. The molecule has 0 spiro atoms. The normalized spacial score (nSPS) is 15.9. The largest absolute Gasteiger partial charge is 0.335 e. The molecular formula is C18H25N5O2. The number of carbonyl (C=O) groups excluding carboxylic acids is 1. The zero-order valence-electron chi connectivity index (χ0n) is 15.1. The van der Waals surface area contributed by atoms with Crippen LogP contribution in [0, 0.1) is 0 Å². The first-order valence-electron chi connectivity index (χ1n) is 8.60. The Morgan fingerprint density at radius 2 is 1.76 bits per heavy atom. The number of carbonyl (C=O) groups is 1. The fourth-order valence-electron chi connectivity index (χ4n) is 3.12. The fraction of sp³-hybridized carbons (Fsp3) is 0.500. The van der Waals surface area contributed by atoms with E-state index in [1.807, 2.05) is 17.0 Å². The number of aryl methyl sites for hydroxylation is 1. The van der Waals surface area contributed by atoms with Crippen LogP contribution in [-0.4, -0.2) is 83.8 Å². The highest BCUT2D eigenvalue weighted by Crippen LogP contribution is 2.16. The predicted octanol–water partition coefficient (Wildman–Crippen LogP) is 0.253. The molecular weight excluding hydrogens is 318 g/mol. The molecule has 1 aliphatic rings. The minimum absolute atomic E-state index is 0.0981. The Kier molecular flexibility index (Phi) is 5.15. The number of aromatic nitrogens is 2. The molecule has 2 heterocycles. The van der Waals surface area contributed by atoms with Crippen LogP contribution in [0.15, 0.2) is 29.1 Å². The van der Waals surface area contributed by atoms with E-state index >= 15 is 0 Å². The standard InChI is InChI=1S/C18H25N5O2/c1-20(2)8-9-22-10-12-23(13-11-22)18(25)16-14-6-4-5-7-15(14)17(24)21(3)19-16/h4-7H,8-13H2,1-3H3. The number of rotatable bonds is 4. The van der Waals surface area contributed by atoms with Crippen LogP contribution in [0.25, 0.3) is 10.8 Å². The van der Waals surface area contributed by atoms with Crippen LogP contribution < -0.4 is 5.56 Å². The topological polar surface area (TPSA) is 61.7 Å². The van der Waals surface area contributed by atoms with Gasteiger partial charge in [-0.2, -0.15) is 5.10 Å². The molecule has 1 aromatic heterocycles. The lowest BCUT2D eigenvalue weighted by molar-refractivity contribution is 0.0624. The van der Waals surface area contributed by atoms with Crippen molar-refractivity contribution in [2.45, 2.75) is 0 Å². The van der Waals surface area contributed by atoms with Gasteiger partial charge in [-0.1, -0.05) is 18.2 Å². The van der Waals surface area contributed by atoms with Gasteiger partial charge in [-0.25, -0.2) is 4.68 Å². The van der Waals surface area contributed by atoms with E-state index in [9.17, 15) is 9.59 Å². The van der Waals surface area contributed by atoms with Gasteiger partial charge in [0.1, 0.15) is 0 Å². The summed E-state index contributed by atoms with van der Waals surface area (Å²) in [7, 11) is 5.72. The van der Waals surface area contributed by atoms with Crippen LogP contribution in [0.1, 0.15) is 10.5 Å². The van der Waals surface area contributed by atoms with Crippen molar-refractivity contribution < 1.29 is 4.79 Å². The monoisotopic (exact) mass is 343 g/mol. The van der Waals surface area contributed by atoms with Crippen LogP contribution in [0.2, 0.25) is 0 Å². The van der Waals surface area contributed by atoms with Crippen molar-refractivity contribution >= 4 is 16.7 Å². The molecule has 1 aliphatic heterocycles. The van der Waals surface area contributed by atoms with Crippen molar-refractivity contribution in [1.29, 1.82) is 0 Å². The number of nitrogens with zero attached hydrogens (tertiary/aromatic N) is 5. The van der Waals surface area contributed by atoms with E-state index in [0.29, 0.717) is 29.6 Å². The second kappa shape index (κ2) is 7.33. The summed E-state index contributed by atoms with van der Waals surface area (Å²) in [6.07, 6.45) is 0. The highest BCUT2D eigenvalue weighted by molar-refractivity contribution is 6.04. The highest BCUT2D eigenvalue weighted by Gasteiger charge is 2.25. The molecule has 1 amide bonds. The lowest BCUT2D eigenvalue weighted by Gasteiger charge is -2.35. The molecule has 0 bridgehead atoms. The van der Waals surface area contributed by atoms with Crippen molar-refractivity contribution in [2.24, 2.45) is 7.05 Å². The van der Waals surface area contributed by atoms with Gasteiger partial charge < -0.3 is 9.80 Å². The number of likely N-dealkylation sites (N-methyl/N-ethyl adjacent to an activating group) is 1. The van der Waals surface area contributed by atoms with Crippen LogP contribution in [-0.2, 0) is 7.05 Å². The SMILES string of the molecule is CN(C)CCN1CCN(C(=O)c2nn(C)c(=O)c3ccccc23)CC1. The Hall–Kier alpha value is -2.25. The summed E-state index contributed by atoms with van der Waals surface area (Å²) in [6, 6.07) is 7.18. The predicted molar refractivity (Wildman–Crippen MR) is 97.9 cm³/mol. The third kappa shape index (κ3) is 3.72. The fourth-order valence-corrected chi connectivity index (χ4v) is 3.12. The minimum Gasteiger partial charge on any atom is -0.335 e. The molecule has 1 aromatic carbocycles. The average Bonchev–Trinajstić information content (AvgIpc) is 2.63. The summed E-state index contributed by atoms with van der Waals surface area (Å²) < 4.78 is 1.25. The van der Waals surface area contributed by atoms with E-state index < -0.39 is 0 Å². The van der Waals surface area contributed by atoms with Crippen molar-refractivity contribution in [3.05, 3.63) is 40.3 Å². The molecule has 0 N–H and O–H groups in total. The maximum atomic E-state index is 13.0. The van der Waals surface area contributed by atoms with Gasteiger partial charge in [-0.3, -0.25) is 14.5 Å². The second-order valence-electron chi connectivity index (χ2n) is 6.76. The summed E-state index contributed by atoms with van der Waals surface area (Å²) in [5.41, 5.74) is 0.181. The number of hydrogen-bond donors (Lipinski definition) is 0. The van der Waals surface area contributed by atoms with E-state index in [1.165, 1.54) is 4.68 Å². The maximum Gasteiger partial charge on any atom is 0.275 e. The van der Waals surface area contributed by atoms with Gasteiger partial charge in [0, 0.05) is 51.7 Å². The van der Waals surface area contributed by atoms with Gasteiger partial charge in [0.2, 0.25) is 0 Å². The second-order valence-corrected chi connectivity index (χ2v) is 6.76. The quantitative estimate of drug-likeness (QED) is 0.797. The summed E-state index contributed by atoms with van der Waals surface area (Å²) in [5, 5.41) is 5.41. The minimum atomic E-state index is -0.180. The molecule has 0 radical (unpaired) electrons. The van der Waals surface area contributed by atoms with Gasteiger partial charge in [-0.05, 0) is 20.2 Å². The maximum absolute atomic E-state index is 13.0. The summed E-state index contributed by atoms with van der Waals surface area (Å²) in [6.45, 7) is 5.12. The van der Waals surface area contributed by atoms with Crippen molar-refractivity contribution in [2.75, 3.05) is 53.4 Å². The molecule has 7 nitrogen and oxygen atoms in total. The smallest absolute Gasteiger partial charge is 0.275 e. The first kappa shape index (κ1) is 17.6. The summed E-state index contributed by atoms with van der Waals surface area (Å²) >= 11 is 0. The molecule has 0 aliphatic carbocycles. The molecule has 134 valence electrons. The molecule has 0 saturated carbocycles. The van der Waals surface area contributed by atoms with Gasteiger partial charge in [0.05, 0.1) is 5.39 Å². The van der Waals surface area contributed by atoms with E-state index in [4.69, 9.17) is 0 Å². The third-order valence-corrected chi connectivity index (χ3v) is 4.68. The van der Waals surface area contributed by atoms with E-state index in [0.717, 1.165) is 26.2 Å². The number of amides is 1. The molecule has 0 atom stereocenters. The lowest BCUT2D eigenvalue weighted by atomic mass is 10.1. The molecule has 0 unspecified atom stereocenters. The zero-order chi connectivity index (χ0) is 18.0. The third-order valence-electron chi connectivity index (χ3n) is 4.68. The molecule has 1 saturated heterocycles. The molecule has 7 heteroatoms. The molecule has 25 heavy (non-hydrogen) atoms. The number of hydrogen-bond acceptors (Lipinski definition) is 5.